The van der Waals surface area contributed by atoms with E-state index in [-0.39, 0.29) is 0 Å². The molecule has 0 heterocycles. The molecule has 0 aromatic carbocycles. The van der Waals surface area contributed by atoms with Crippen molar-refractivity contribution in [1.82, 2.24) is 0 Å². The Balaban J connectivity index is 3.36. The molecule has 7 heavy (non-hydrogen) atoms. The van der Waals surface area contributed by atoms with Crippen molar-refractivity contribution in [2.45, 2.75) is 19.6 Å². The minimum atomic E-state index is -0.861. The van der Waals surface area contributed by atoms with E-state index in [4.69, 9.17) is 11.8 Å². The normalized spacial score (nSPS) is 12.0. The van der Waals surface area contributed by atoms with Crippen molar-refractivity contribution in [1.29, 1.82) is 0 Å². The van der Waals surface area contributed by atoms with E-state index in [1.807, 2.05) is 0 Å². The van der Waals surface area contributed by atoms with Gasteiger partial charge in [-0.05, 0) is 13.8 Å². The zero-order valence-corrected chi connectivity index (χ0v) is 4.47. The summed E-state index contributed by atoms with van der Waals surface area (Å²) in [5, 5.41) is 0. The lowest BCUT2D eigenvalue weighted by Crippen LogP contribution is -2.34. The molecule has 0 aliphatic rings. The smallest absolute Gasteiger partial charge is 0.200 e. The van der Waals surface area contributed by atoms with Crippen LogP contribution in [0.1, 0.15) is 13.8 Å². The first-order valence-electron chi connectivity index (χ1n) is 1.88. The topological polar surface area (TPSA) is 70.5 Å². The van der Waals surface area contributed by atoms with Gasteiger partial charge in [0.25, 0.3) is 0 Å². The molecule has 0 aliphatic heterocycles. The molecular formula is C3H10N2O2. The van der Waals surface area contributed by atoms with Crippen LogP contribution in [0.4, 0.5) is 0 Å². The van der Waals surface area contributed by atoms with Gasteiger partial charge < -0.3 is 0 Å². The minimum Gasteiger partial charge on any atom is -0.268 e. The van der Waals surface area contributed by atoms with Crippen LogP contribution in [-0.4, -0.2) is 5.79 Å². The molecule has 0 aromatic heterocycles. The highest BCUT2D eigenvalue weighted by Gasteiger charge is 2.14. The average Bonchev–Trinajstić information content (AvgIpc) is 1.68. The first-order chi connectivity index (χ1) is 3.12. The van der Waals surface area contributed by atoms with Crippen LogP contribution in [0.2, 0.25) is 0 Å². The molecule has 0 aliphatic carbocycles. The summed E-state index contributed by atoms with van der Waals surface area (Å²) in [4.78, 5) is 8.48. The van der Waals surface area contributed by atoms with Gasteiger partial charge >= 0.3 is 0 Å². The molecular weight excluding hydrogens is 96.0 g/mol. The fourth-order valence-corrected chi connectivity index (χ4v) is 0.0278. The summed E-state index contributed by atoms with van der Waals surface area (Å²) >= 11 is 0. The summed E-state index contributed by atoms with van der Waals surface area (Å²) in [6, 6.07) is 0. The predicted molar refractivity (Wildman–Crippen MR) is 24.6 cm³/mol. The molecule has 0 amide bonds. The molecule has 0 spiro atoms. The third kappa shape index (κ3) is 2.52. The summed E-state index contributed by atoms with van der Waals surface area (Å²) in [5.74, 6) is 8.56. The lowest BCUT2D eigenvalue weighted by molar-refractivity contribution is -0.219. The molecule has 0 rings (SSSR count). The van der Waals surface area contributed by atoms with Gasteiger partial charge in [-0.1, -0.05) is 0 Å². The van der Waals surface area contributed by atoms with Crippen LogP contribution >= 0.6 is 0 Å². The maximum absolute atomic E-state index is 4.71. The predicted octanol–water partition coefficient (Wildman–Crippen LogP) is -0.497. The SMILES string of the molecule is CC(C)(ON)ON. The maximum Gasteiger partial charge on any atom is 0.200 e. The molecule has 0 fully saturated rings. The first kappa shape index (κ1) is 6.84. The van der Waals surface area contributed by atoms with Crippen molar-refractivity contribution in [3.8, 4) is 0 Å². The Morgan fingerprint density at radius 2 is 1.43 bits per heavy atom. The van der Waals surface area contributed by atoms with Gasteiger partial charge in [0.05, 0.1) is 0 Å². The highest BCUT2D eigenvalue weighted by atomic mass is 16.8. The second-order valence-corrected chi connectivity index (χ2v) is 1.64. The van der Waals surface area contributed by atoms with Crippen LogP contribution < -0.4 is 11.8 Å². The Bertz CT molecular complexity index is 48.9. The molecule has 0 unspecified atom stereocenters. The number of nitrogens with two attached hydrogens (primary N) is 2. The molecule has 0 aromatic rings. The third-order valence-electron chi connectivity index (χ3n) is 0.568. The fraction of sp³-hybridized carbons (Fsp3) is 1.00. The van der Waals surface area contributed by atoms with E-state index in [1.165, 1.54) is 0 Å². The molecule has 0 radical (unpaired) electrons. The molecule has 0 saturated heterocycles. The standard InChI is InChI=1S/C3H10N2O2/c1-3(2,6-4)7-5/h4-5H2,1-2H3. The monoisotopic (exact) mass is 106 g/mol. The van der Waals surface area contributed by atoms with Gasteiger partial charge in [-0.3, -0.25) is 9.68 Å². The quantitative estimate of drug-likeness (QED) is 0.368. The van der Waals surface area contributed by atoms with Crippen LogP contribution in [0.3, 0.4) is 0 Å². The lowest BCUT2D eigenvalue weighted by Gasteiger charge is -2.17. The Kier molecular flexibility index (Phi) is 2.17. The first-order valence-corrected chi connectivity index (χ1v) is 1.88. The maximum atomic E-state index is 4.71. The number of rotatable bonds is 2. The van der Waals surface area contributed by atoms with Gasteiger partial charge in [-0.25, -0.2) is 11.8 Å². The van der Waals surface area contributed by atoms with Crippen LogP contribution in [0.25, 0.3) is 0 Å². The summed E-state index contributed by atoms with van der Waals surface area (Å²) < 4.78 is 0. The molecule has 4 N–H and O–H groups in total. The Morgan fingerprint density at radius 3 is 1.43 bits per heavy atom. The minimum absolute atomic E-state index is 0.861. The van der Waals surface area contributed by atoms with E-state index in [0.717, 1.165) is 0 Å². The van der Waals surface area contributed by atoms with Crippen molar-refractivity contribution in [2.24, 2.45) is 11.8 Å². The van der Waals surface area contributed by atoms with Gasteiger partial charge in [0.1, 0.15) is 0 Å². The molecule has 0 saturated carbocycles. The third-order valence-corrected chi connectivity index (χ3v) is 0.568. The van der Waals surface area contributed by atoms with Crippen LogP contribution in [-0.2, 0) is 9.68 Å². The summed E-state index contributed by atoms with van der Waals surface area (Å²) in [5.41, 5.74) is 0. The zero-order valence-electron chi connectivity index (χ0n) is 4.47. The second kappa shape index (κ2) is 2.23. The molecule has 44 valence electrons. The largest absolute Gasteiger partial charge is 0.268 e. The van der Waals surface area contributed by atoms with Gasteiger partial charge in [0.15, 0.2) is 5.79 Å². The Labute approximate surface area is 42.3 Å². The van der Waals surface area contributed by atoms with Crippen molar-refractivity contribution >= 4 is 0 Å². The Hall–Kier alpha value is -0.160. The van der Waals surface area contributed by atoms with E-state index < -0.39 is 5.79 Å². The van der Waals surface area contributed by atoms with Gasteiger partial charge in [-0.15, -0.1) is 0 Å². The van der Waals surface area contributed by atoms with Crippen molar-refractivity contribution in [3.63, 3.8) is 0 Å². The number of hydrogen-bond acceptors (Lipinski definition) is 4. The lowest BCUT2D eigenvalue weighted by atomic mass is 10.4. The zero-order chi connectivity index (χ0) is 5.91. The summed E-state index contributed by atoms with van der Waals surface area (Å²) in [6.07, 6.45) is 0. The summed E-state index contributed by atoms with van der Waals surface area (Å²) in [7, 11) is 0. The van der Waals surface area contributed by atoms with Crippen molar-refractivity contribution in [2.75, 3.05) is 0 Å². The highest BCUT2D eigenvalue weighted by molar-refractivity contribution is 4.45. The van der Waals surface area contributed by atoms with E-state index in [2.05, 4.69) is 9.68 Å². The van der Waals surface area contributed by atoms with E-state index >= 15 is 0 Å². The Morgan fingerprint density at radius 1 is 1.14 bits per heavy atom. The van der Waals surface area contributed by atoms with E-state index in [9.17, 15) is 0 Å². The van der Waals surface area contributed by atoms with Crippen LogP contribution in [0.15, 0.2) is 0 Å². The van der Waals surface area contributed by atoms with Gasteiger partial charge in [-0.2, -0.15) is 0 Å². The van der Waals surface area contributed by atoms with E-state index in [1.54, 1.807) is 13.8 Å². The molecule has 0 atom stereocenters. The van der Waals surface area contributed by atoms with Crippen LogP contribution in [0.5, 0.6) is 0 Å². The molecule has 0 bridgehead atoms. The highest BCUT2D eigenvalue weighted by Crippen LogP contribution is 2.01. The summed E-state index contributed by atoms with van der Waals surface area (Å²) in [6.45, 7) is 3.21. The van der Waals surface area contributed by atoms with Crippen LogP contribution in [0, 0.1) is 0 Å². The second-order valence-electron chi connectivity index (χ2n) is 1.64. The van der Waals surface area contributed by atoms with Crippen molar-refractivity contribution < 1.29 is 9.68 Å². The van der Waals surface area contributed by atoms with E-state index in [0.29, 0.717) is 0 Å². The fourth-order valence-electron chi connectivity index (χ4n) is 0.0278. The average molecular weight is 106 g/mol. The van der Waals surface area contributed by atoms with Gasteiger partial charge in [0, 0.05) is 0 Å². The van der Waals surface area contributed by atoms with Gasteiger partial charge in [0.2, 0.25) is 0 Å². The molecule has 4 nitrogen and oxygen atoms in total. The van der Waals surface area contributed by atoms with Crippen molar-refractivity contribution in [3.05, 3.63) is 0 Å². The molecule has 4 heteroatoms. The number of hydrogen-bond donors (Lipinski definition) is 2.